The van der Waals surface area contributed by atoms with Crippen LogP contribution in [0.4, 0.5) is 0 Å². The molecule has 0 atom stereocenters. The van der Waals surface area contributed by atoms with Crippen LogP contribution in [-0.4, -0.2) is 29.2 Å². The maximum absolute atomic E-state index is 8.97. The minimum atomic E-state index is -0.0620. The third-order valence-electron chi connectivity index (χ3n) is 1.56. The van der Waals surface area contributed by atoms with E-state index >= 15 is 0 Å². The van der Waals surface area contributed by atoms with Crippen LogP contribution >= 0.6 is 0 Å². The zero-order valence-electron chi connectivity index (χ0n) is 5.01. The van der Waals surface area contributed by atoms with Gasteiger partial charge in [0.15, 0.2) is 0 Å². The molecule has 1 N–H and O–H groups in total. The van der Waals surface area contributed by atoms with E-state index in [4.69, 9.17) is 5.11 Å². The molecule has 0 aromatic rings. The summed E-state index contributed by atoms with van der Waals surface area (Å²) in [5.41, 5.74) is 0. The second-order valence-electron chi connectivity index (χ2n) is 2.35. The molecule has 0 saturated carbocycles. The van der Waals surface area contributed by atoms with Gasteiger partial charge in [-0.05, 0) is 12.8 Å². The van der Waals surface area contributed by atoms with E-state index in [-0.39, 0.29) is 6.10 Å². The molecule has 1 radical (unpaired) electrons. The fourth-order valence-corrected chi connectivity index (χ4v) is 0.919. The lowest BCUT2D eigenvalue weighted by molar-refractivity contribution is 0.101. The first kappa shape index (κ1) is 6.05. The number of hydrogen-bond donors (Lipinski definition) is 1. The van der Waals surface area contributed by atoms with Crippen LogP contribution < -0.4 is 0 Å². The van der Waals surface area contributed by atoms with Gasteiger partial charge in [0.1, 0.15) is 0 Å². The molecule has 0 aromatic carbocycles. The van der Waals surface area contributed by atoms with Crippen molar-refractivity contribution in [3.63, 3.8) is 0 Å². The summed E-state index contributed by atoms with van der Waals surface area (Å²) >= 11 is 0. The predicted molar refractivity (Wildman–Crippen MR) is 32.2 cm³/mol. The van der Waals surface area contributed by atoms with E-state index in [9.17, 15) is 0 Å². The van der Waals surface area contributed by atoms with Crippen molar-refractivity contribution in [3.8, 4) is 0 Å². The molecule has 0 amide bonds. The molecule has 1 fully saturated rings. The number of rotatable bonds is 0. The summed E-state index contributed by atoms with van der Waals surface area (Å²) in [4.78, 5) is 1.99. The summed E-state index contributed by atoms with van der Waals surface area (Å²) in [6.45, 7) is 1.89. The topological polar surface area (TPSA) is 23.5 Å². The minimum absolute atomic E-state index is 0.0620. The number of nitrogens with zero attached hydrogens (tertiary/aromatic N) is 1. The van der Waals surface area contributed by atoms with Crippen molar-refractivity contribution in [2.75, 3.05) is 13.1 Å². The Bertz CT molecular complexity index is 56.9. The summed E-state index contributed by atoms with van der Waals surface area (Å²) < 4.78 is 0. The maximum Gasteiger partial charge on any atom is 0.0564 e. The van der Waals surface area contributed by atoms with Crippen LogP contribution in [-0.2, 0) is 0 Å². The molecule has 1 saturated heterocycles. The summed E-state index contributed by atoms with van der Waals surface area (Å²) in [7, 11) is 3.75. The third-order valence-corrected chi connectivity index (χ3v) is 1.56. The van der Waals surface area contributed by atoms with E-state index in [1.807, 2.05) is 4.90 Å². The predicted octanol–water partition coefficient (Wildman–Crippen LogP) is 0.235. The Labute approximate surface area is 50.1 Å². The standard InChI is InChI=1S/C6H12NO/c1-7-4-2-6(8)3-5-7/h6,8H,1-5H2. The molecule has 1 aliphatic rings. The summed E-state index contributed by atoms with van der Waals surface area (Å²) in [5, 5.41) is 8.97. The van der Waals surface area contributed by atoms with Crippen molar-refractivity contribution in [1.29, 1.82) is 0 Å². The van der Waals surface area contributed by atoms with Crippen LogP contribution in [0.1, 0.15) is 12.8 Å². The fraction of sp³-hybridized carbons (Fsp3) is 0.833. The fourth-order valence-electron chi connectivity index (χ4n) is 0.919. The first-order valence-electron chi connectivity index (χ1n) is 3.02. The number of piperidine rings is 1. The molecule has 2 nitrogen and oxygen atoms in total. The Morgan fingerprint density at radius 3 is 2.25 bits per heavy atom. The quantitative estimate of drug-likeness (QED) is 0.487. The molecule has 0 unspecified atom stereocenters. The van der Waals surface area contributed by atoms with Crippen molar-refractivity contribution in [2.45, 2.75) is 18.9 Å². The number of hydrogen-bond acceptors (Lipinski definition) is 2. The Morgan fingerprint density at radius 2 is 1.88 bits per heavy atom. The van der Waals surface area contributed by atoms with E-state index in [0.717, 1.165) is 25.9 Å². The minimum Gasteiger partial charge on any atom is -0.393 e. The Kier molecular flexibility index (Phi) is 1.86. The summed E-state index contributed by atoms with van der Waals surface area (Å²) in [5.74, 6) is 0. The smallest absolute Gasteiger partial charge is 0.0564 e. The summed E-state index contributed by atoms with van der Waals surface area (Å²) in [6.07, 6.45) is 1.72. The molecule has 2 heteroatoms. The van der Waals surface area contributed by atoms with Crippen LogP contribution in [0.5, 0.6) is 0 Å². The van der Waals surface area contributed by atoms with Crippen molar-refractivity contribution in [1.82, 2.24) is 4.90 Å². The van der Waals surface area contributed by atoms with Crippen LogP contribution in [0, 0.1) is 7.05 Å². The largest absolute Gasteiger partial charge is 0.393 e. The van der Waals surface area contributed by atoms with Crippen molar-refractivity contribution in [3.05, 3.63) is 7.05 Å². The lowest BCUT2D eigenvalue weighted by Crippen LogP contribution is -2.31. The molecule has 0 bridgehead atoms. The lowest BCUT2D eigenvalue weighted by atomic mass is 10.1. The Morgan fingerprint density at radius 1 is 1.38 bits per heavy atom. The first-order valence-corrected chi connectivity index (χ1v) is 3.02. The van der Waals surface area contributed by atoms with Crippen molar-refractivity contribution in [2.24, 2.45) is 0 Å². The molecule has 1 heterocycles. The van der Waals surface area contributed by atoms with E-state index < -0.39 is 0 Å². The van der Waals surface area contributed by atoms with Crippen molar-refractivity contribution >= 4 is 0 Å². The van der Waals surface area contributed by atoms with E-state index in [0.29, 0.717) is 0 Å². The van der Waals surface area contributed by atoms with Gasteiger partial charge in [0, 0.05) is 20.1 Å². The van der Waals surface area contributed by atoms with Gasteiger partial charge in [-0.1, -0.05) is 0 Å². The highest BCUT2D eigenvalue weighted by Crippen LogP contribution is 2.07. The van der Waals surface area contributed by atoms with Gasteiger partial charge in [-0.15, -0.1) is 0 Å². The molecule has 0 aliphatic carbocycles. The zero-order valence-corrected chi connectivity index (χ0v) is 5.01. The molecule has 1 rings (SSSR count). The summed E-state index contributed by atoms with van der Waals surface area (Å²) in [6, 6.07) is 0. The second-order valence-corrected chi connectivity index (χ2v) is 2.35. The Hall–Kier alpha value is -0.0800. The molecule has 47 valence electrons. The molecular weight excluding hydrogens is 102 g/mol. The molecule has 0 spiro atoms. The van der Waals surface area contributed by atoms with Gasteiger partial charge in [0.05, 0.1) is 6.10 Å². The van der Waals surface area contributed by atoms with Gasteiger partial charge >= 0.3 is 0 Å². The lowest BCUT2D eigenvalue weighted by Gasteiger charge is -2.24. The average molecular weight is 114 g/mol. The zero-order chi connectivity index (χ0) is 5.98. The van der Waals surface area contributed by atoms with Gasteiger partial charge in [-0.2, -0.15) is 0 Å². The molecule has 1 aliphatic heterocycles. The Balaban J connectivity index is 2.19. The van der Waals surface area contributed by atoms with E-state index in [2.05, 4.69) is 7.05 Å². The number of aliphatic hydroxyl groups is 1. The normalized spacial score (nSPS) is 26.2. The van der Waals surface area contributed by atoms with E-state index in [1.54, 1.807) is 0 Å². The van der Waals surface area contributed by atoms with Gasteiger partial charge in [0.2, 0.25) is 0 Å². The molecule has 0 aromatic heterocycles. The van der Waals surface area contributed by atoms with Gasteiger partial charge in [-0.3, -0.25) is 0 Å². The number of likely N-dealkylation sites (tertiary alicyclic amines) is 1. The average Bonchev–Trinajstić information content (AvgIpc) is 1.77. The second kappa shape index (κ2) is 2.46. The highest BCUT2D eigenvalue weighted by molar-refractivity contribution is 4.69. The molecule has 8 heavy (non-hydrogen) atoms. The molecular formula is C6H12NO. The van der Waals surface area contributed by atoms with Crippen LogP contribution in [0.3, 0.4) is 0 Å². The highest BCUT2D eigenvalue weighted by Gasteiger charge is 2.12. The van der Waals surface area contributed by atoms with Crippen LogP contribution in [0.2, 0.25) is 0 Å². The maximum atomic E-state index is 8.97. The van der Waals surface area contributed by atoms with Crippen molar-refractivity contribution < 1.29 is 5.11 Å². The highest BCUT2D eigenvalue weighted by atomic mass is 16.3. The van der Waals surface area contributed by atoms with Gasteiger partial charge in [0.25, 0.3) is 0 Å². The monoisotopic (exact) mass is 114 g/mol. The third kappa shape index (κ3) is 1.46. The van der Waals surface area contributed by atoms with Gasteiger partial charge < -0.3 is 10.0 Å². The van der Waals surface area contributed by atoms with Crippen LogP contribution in [0.15, 0.2) is 0 Å². The van der Waals surface area contributed by atoms with E-state index in [1.165, 1.54) is 0 Å². The van der Waals surface area contributed by atoms with Gasteiger partial charge in [-0.25, -0.2) is 0 Å². The first-order chi connectivity index (χ1) is 3.79. The van der Waals surface area contributed by atoms with Crippen LogP contribution in [0.25, 0.3) is 0 Å². The number of aliphatic hydroxyl groups excluding tert-OH is 1. The SMILES string of the molecule is [CH2]N1CCC(O)CC1.